The van der Waals surface area contributed by atoms with Gasteiger partial charge in [-0.05, 0) is 24.3 Å². The van der Waals surface area contributed by atoms with Gasteiger partial charge >= 0.3 is 5.97 Å². The van der Waals surface area contributed by atoms with Gasteiger partial charge in [0.15, 0.2) is 29.1 Å². The van der Waals surface area contributed by atoms with E-state index in [-0.39, 0.29) is 13.2 Å². The fraction of sp³-hybridized carbons (Fsp3) is 0.250. The Kier molecular flexibility index (Phi) is 7.36. The Morgan fingerprint density at radius 3 is 1.69 bits per heavy atom. The molecule has 0 amide bonds. The van der Waals surface area contributed by atoms with E-state index in [1.807, 2.05) is 24.3 Å². The number of para-hydroxylation sites is 4. The Balaban J connectivity index is 2.03. The average molecular weight is 358 g/mol. The topological polar surface area (TPSA) is 63.2 Å². The van der Waals surface area contributed by atoms with E-state index in [0.29, 0.717) is 23.0 Å². The van der Waals surface area contributed by atoms with E-state index in [1.54, 1.807) is 38.5 Å². The van der Waals surface area contributed by atoms with Crippen LogP contribution in [0.15, 0.2) is 61.2 Å². The van der Waals surface area contributed by atoms with Gasteiger partial charge in [0.05, 0.1) is 14.2 Å². The van der Waals surface area contributed by atoms with Gasteiger partial charge in [-0.3, -0.25) is 0 Å². The molecule has 0 spiro atoms. The second kappa shape index (κ2) is 9.98. The summed E-state index contributed by atoms with van der Waals surface area (Å²) < 4.78 is 27.3. The van der Waals surface area contributed by atoms with E-state index < -0.39 is 12.1 Å². The zero-order valence-electron chi connectivity index (χ0n) is 14.8. The van der Waals surface area contributed by atoms with Gasteiger partial charge in [0.25, 0.3) is 0 Å². The molecular weight excluding hydrogens is 336 g/mol. The third-order valence-corrected chi connectivity index (χ3v) is 3.44. The minimum atomic E-state index is -0.643. The molecule has 0 bridgehead atoms. The first kappa shape index (κ1) is 19.2. The molecule has 2 aromatic rings. The molecule has 0 fully saturated rings. The lowest BCUT2D eigenvalue weighted by molar-refractivity contribution is -0.146. The van der Waals surface area contributed by atoms with Crippen molar-refractivity contribution in [2.75, 3.05) is 27.4 Å². The van der Waals surface area contributed by atoms with Gasteiger partial charge in [0, 0.05) is 6.08 Å². The van der Waals surface area contributed by atoms with E-state index in [0.717, 1.165) is 6.08 Å². The van der Waals surface area contributed by atoms with Crippen LogP contribution < -0.4 is 18.9 Å². The molecular formula is C20H22O6. The number of ether oxygens (including phenoxy) is 5. The smallest absolute Gasteiger partial charge is 0.330 e. The molecule has 0 aromatic heterocycles. The van der Waals surface area contributed by atoms with Crippen LogP contribution in [0.4, 0.5) is 0 Å². The van der Waals surface area contributed by atoms with Crippen LogP contribution in [0.25, 0.3) is 0 Å². The van der Waals surface area contributed by atoms with Crippen molar-refractivity contribution in [1.82, 2.24) is 0 Å². The number of methoxy groups -OCH3 is 2. The molecule has 0 unspecified atom stereocenters. The molecule has 0 aliphatic rings. The molecule has 138 valence electrons. The summed E-state index contributed by atoms with van der Waals surface area (Å²) >= 11 is 0. The SMILES string of the molecule is C=CC(=O)OC(COc1ccccc1OC)COc1ccccc1OC. The highest BCUT2D eigenvalue weighted by atomic mass is 16.6. The molecule has 0 saturated heterocycles. The van der Waals surface area contributed by atoms with Crippen LogP contribution >= 0.6 is 0 Å². The monoisotopic (exact) mass is 358 g/mol. The number of esters is 1. The maximum atomic E-state index is 11.6. The highest BCUT2D eigenvalue weighted by Crippen LogP contribution is 2.27. The predicted molar refractivity (Wildman–Crippen MR) is 97.1 cm³/mol. The molecule has 0 heterocycles. The van der Waals surface area contributed by atoms with Crippen LogP contribution in [0.3, 0.4) is 0 Å². The van der Waals surface area contributed by atoms with Gasteiger partial charge in [0.2, 0.25) is 0 Å². The third kappa shape index (κ3) is 5.44. The first-order chi connectivity index (χ1) is 12.7. The fourth-order valence-corrected chi connectivity index (χ4v) is 2.17. The summed E-state index contributed by atoms with van der Waals surface area (Å²) in [4.78, 5) is 11.6. The molecule has 0 aliphatic carbocycles. The lowest BCUT2D eigenvalue weighted by atomic mass is 10.3. The normalized spacial score (nSPS) is 10.1. The minimum Gasteiger partial charge on any atom is -0.493 e. The van der Waals surface area contributed by atoms with Crippen molar-refractivity contribution >= 4 is 5.97 Å². The molecule has 6 nitrogen and oxygen atoms in total. The molecule has 0 aliphatic heterocycles. The second-order valence-corrected chi connectivity index (χ2v) is 5.19. The second-order valence-electron chi connectivity index (χ2n) is 5.19. The van der Waals surface area contributed by atoms with Gasteiger partial charge in [0.1, 0.15) is 13.2 Å². The van der Waals surface area contributed by atoms with Crippen molar-refractivity contribution in [1.29, 1.82) is 0 Å². The van der Waals surface area contributed by atoms with Crippen LogP contribution in [0, 0.1) is 0 Å². The molecule has 2 rings (SSSR count). The molecule has 26 heavy (non-hydrogen) atoms. The third-order valence-electron chi connectivity index (χ3n) is 3.44. The quantitative estimate of drug-likeness (QED) is 0.480. The van der Waals surface area contributed by atoms with Crippen LogP contribution in [0.5, 0.6) is 23.0 Å². The first-order valence-electron chi connectivity index (χ1n) is 8.02. The highest BCUT2D eigenvalue weighted by molar-refractivity contribution is 5.81. The van der Waals surface area contributed by atoms with Crippen molar-refractivity contribution < 1.29 is 28.5 Å². The number of carbonyl (C=O) groups excluding carboxylic acids is 1. The summed E-state index contributed by atoms with van der Waals surface area (Å²) in [6.45, 7) is 3.59. The summed E-state index contributed by atoms with van der Waals surface area (Å²) in [5.74, 6) is 1.72. The largest absolute Gasteiger partial charge is 0.493 e. The summed E-state index contributed by atoms with van der Waals surface area (Å²) in [5.41, 5.74) is 0. The molecule has 0 N–H and O–H groups in total. The molecule has 2 aromatic carbocycles. The lowest BCUT2D eigenvalue weighted by Crippen LogP contribution is -2.30. The van der Waals surface area contributed by atoms with Gasteiger partial charge < -0.3 is 23.7 Å². The van der Waals surface area contributed by atoms with E-state index in [2.05, 4.69) is 6.58 Å². The maximum Gasteiger partial charge on any atom is 0.330 e. The van der Waals surface area contributed by atoms with Crippen LogP contribution in [0.2, 0.25) is 0 Å². The molecule has 0 atom stereocenters. The van der Waals surface area contributed by atoms with E-state index >= 15 is 0 Å². The first-order valence-corrected chi connectivity index (χ1v) is 8.02. The zero-order valence-corrected chi connectivity index (χ0v) is 14.8. The van der Waals surface area contributed by atoms with Gasteiger partial charge in [-0.1, -0.05) is 30.8 Å². The van der Waals surface area contributed by atoms with E-state index in [9.17, 15) is 4.79 Å². The Hall–Kier alpha value is -3.15. The Morgan fingerprint density at radius 1 is 0.885 bits per heavy atom. The Bertz CT molecular complexity index is 676. The minimum absolute atomic E-state index is 0.0924. The van der Waals surface area contributed by atoms with E-state index in [4.69, 9.17) is 23.7 Å². The Labute approximate surface area is 152 Å². The predicted octanol–water partition coefficient (Wildman–Crippen LogP) is 3.26. The summed E-state index contributed by atoms with van der Waals surface area (Å²) in [5, 5.41) is 0. The van der Waals surface area contributed by atoms with Crippen LogP contribution in [-0.4, -0.2) is 39.5 Å². The number of carbonyl (C=O) groups is 1. The summed E-state index contributed by atoms with van der Waals surface area (Å²) in [6.07, 6.45) is 0.453. The maximum absolute atomic E-state index is 11.6. The number of rotatable bonds is 10. The number of hydrogen-bond donors (Lipinski definition) is 0. The molecule has 0 saturated carbocycles. The van der Waals surface area contributed by atoms with Crippen LogP contribution in [0.1, 0.15) is 0 Å². The van der Waals surface area contributed by atoms with Gasteiger partial charge in [-0.15, -0.1) is 0 Å². The summed E-state index contributed by atoms with van der Waals surface area (Å²) in [6, 6.07) is 14.4. The van der Waals surface area contributed by atoms with Crippen molar-refractivity contribution in [3.05, 3.63) is 61.2 Å². The Morgan fingerprint density at radius 2 is 1.31 bits per heavy atom. The molecule has 0 radical (unpaired) electrons. The van der Waals surface area contributed by atoms with E-state index in [1.165, 1.54) is 0 Å². The standard InChI is InChI=1S/C20H22O6/c1-4-20(21)26-15(13-24-18-11-7-5-9-16(18)22-2)14-25-19-12-8-6-10-17(19)23-3/h4-12,15H,1,13-14H2,2-3H3. The number of benzene rings is 2. The van der Waals surface area contributed by atoms with Crippen molar-refractivity contribution in [3.63, 3.8) is 0 Å². The number of hydrogen-bond acceptors (Lipinski definition) is 6. The fourth-order valence-electron chi connectivity index (χ4n) is 2.17. The highest BCUT2D eigenvalue weighted by Gasteiger charge is 2.17. The van der Waals surface area contributed by atoms with Gasteiger partial charge in [-0.2, -0.15) is 0 Å². The molecule has 6 heteroatoms. The lowest BCUT2D eigenvalue weighted by Gasteiger charge is -2.20. The van der Waals surface area contributed by atoms with Crippen molar-refractivity contribution in [2.45, 2.75) is 6.10 Å². The van der Waals surface area contributed by atoms with Gasteiger partial charge in [-0.25, -0.2) is 4.79 Å². The van der Waals surface area contributed by atoms with Crippen LogP contribution in [-0.2, 0) is 9.53 Å². The zero-order chi connectivity index (χ0) is 18.8. The average Bonchev–Trinajstić information content (AvgIpc) is 2.70. The van der Waals surface area contributed by atoms with Crippen molar-refractivity contribution in [3.8, 4) is 23.0 Å². The van der Waals surface area contributed by atoms with Crippen molar-refractivity contribution in [2.24, 2.45) is 0 Å². The summed E-state index contributed by atoms with van der Waals surface area (Å²) in [7, 11) is 3.12.